The molecule has 110 valence electrons. The lowest BCUT2D eigenvalue weighted by atomic mass is 9.95. The first-order valence-electron chi connectivity index (χ1n) is 7.23. The van der Waals surface area contributed by atoms with Crippen molar-refractivity contribution in [3.63, 3.8) is 0 Å². The smallest absolute Gasteiger partial charge is 0.251 e. The zero-order chi connectivity index (χ0) is 14.9. The van der Waals surface area contributed by atoms with Gasteiger partial charge >= 0.3 is 0 Å². The van der Waals surface area contributed by atoms with E-state index in [-0.39, 0.29) is 11.4 Å². The Morgan fingerprint density at radius 2 is 2.14 bits per heavy atom. The lowest BCUT2D eigenvalue weighted by Crippen LogP contribution is -2.53. The average Bonchev–Trinajstić information content (AvgIpc) is 3.23. The third kappa shape index (κ3) is 2.83. The summed E-state index contributed by atoms with van der Waals surface area (Å²) >= 11 is 0. The molecule has 0 saturated heterocycles. The fourth-order valence-electron chi connectivity index (χ4n) is 2.57. The number of carbonyl (C=O) groups excluding carboxylic acids is 1. The summed E-state index contributed by atoms with van der Waals surface area (Å²) in [6, 6.07) is 7.48. The number of nitrogens with one attached hydrogen (secondary N) is 1. The van der Waals surface area contributed by atoms with Crippen LogP contribution in [-0.4, -0.2) is 27.5 Å². The second-order valence-corrected chi connectivity index (χ2v) is 5.87. The molecule has 2 aromatic rings. The quantitative estimate of drug-likeness (QED) is 0.878. The Morgan fingerprint density at radius 1 is 1.43 bits per heavy atom. The van der Waals surface area contributed by atoms with Crippen LogP contribution in [0.25, 0.3) is 5.69 Å². The monoisotopic (exact) mass is 284 g/mol. The highest BCUT2D eigenvalue weighted by atomic mass is 16.1. The van der Waals surface area contributed by atoms with E-state index in [1.807, 2.05) is 42.0 Å². The minimum atomic E-state index is -0.292. The average molecular weight is 284 g/mol. The molecular weight excluding hydrogens is 264 g/mol. The van der Waals surface area contributed by atoms with Crippen molar-refractivity contribution >= 4 is 5.91 Å². The van der Waals surface area contributed by atoms with Gasteiger partial charge in [0.15, 0.2) is 0 Å². The Bertz CT molecular complexity index is 616. The fraction of sp³-hybridized carbons (Fsp3) is 0.375. The molecule has 0 spiro atoms. The van der Waals surface area contributed by atoms with Crippen LogP contribution in [0.15, 0.2) is 43.0 Å². The molecule has 1 atom stereocenters. The lowest BCUT2D eigenvalue weighted by Gasteiger charge is -2.29. The number of rotatable bonds is 5. The lowest BCUT2D eigenvalue weighted by molar-refractivity contribution is 0.0898. The molecule has 0 bridgehead atoms. The zero-order valence-corrected chi connectivity index (χ0v) is 12.1. The zero-order valence-electron chi connectivity index (χ0n) is 12.1. The van der Waals surface area contributed by atoms with Crippen LogP contribution in [0.2, 0.25) is 0 Å². The Hall–Kier alpha value is -2.14. The van der Waals surface area contributed by atoms with Crippen LogP contribution in [0, 0.1) is 5.92 Å². The van der Waals surface area contributed by atoms with Crippen LogP contribution in [0.5, 0.6) is 0 Å². The van der Waals surface area contributed by atoms with Gasteiger partial charge in [0, 0.05) is 30.2 Å². The molecule has 1 aromatic carbocycles. The van der Waals surface area contributed by atoms with Crippen molar-refractivity contribution < 1.29 is 4.79 Å². The van der Waals surface area contributed by atoms with Crippen LogP contribution in [-0.2, 0) is 0 Å². The molecule has 0 radical (unpaired) electrons. The minimum Gasteiger partial charge on any atom is -0.345 e. The topological polar surface area (TPSA) is 72.9 Å². The van der Waals surface area contributed by atoms with Gasteiger partial charge in [-0.1, -0.05) is 0 Å². The molecule has 5 heteroatoms. The molecule has 0 aliphatic heterocycles. The standard InChI is InChI=1S/C16H20N4O/c1-16(10-17,13-4-5-13)19-15(21)12-2-6-14(7-3-12)20-9-8-18-11-20/h2-3,6-9,11,13H,4-5,10,17H2,1H3,(H,19,21). The summed E-state index contributed by atoms with van der Waals surface area (Å²) in [6.07, 6.45) is 7.62. The normalized spacial score (nSPS) is 17.2. The molecule has 3 N–H and O–H groups in total. The van der Waals surface area contributed by atoms with Gasteiger partial charge in [-0.2, -0.15) is 0 Å². The van der Waals surface area contributed by atoms with Gasteiger partial charge in [-0.3, -0.25) is 4.79 Å². The summed E-state index contributed by atoms with van der Waals surface area (Å²) in [5.41, 5.74) is 7.18. The summed E-state index contributed by atoms with van der Waals surface area (Å²) < 4.78 is 1.90. The highest BCUT2D eigenvalue weighted by Gasteiger charge is 2.41. The van der Waals surface area contributed by atoms with Crippen molar-refractivity contribution in [3.05, 3.63) is 48.5 Å². The minimum absolute atomic E-state index is 0.0629. The second kappa shape index (κ2) is 5.33. The molecule has 1 saturated carbocycles. The molecule has 1 amide bonds. The van der Waals surface area contributed by atoms with E-state index in [0.717, 1.165) is 18.5 Å². The first-order chi connectivity index (χ1) is 10.1. The maximum Gasteiger partial charge on any atom is 0.251 e. The summed E-state index contributed by atoms with van der Waals surface area (Å²) in [5, 5.41) is 3.09. The van der Waals surface area contributed by atoms with Gasteiger partial charge in [-0.05, 0) is 49.9 Å². The van der Waals surface area contributed by atoms with Crippen LogP contribution in [0.1, 0.15) is 30.1 Å². The van der Waals surface area contributed by atoms with Crippen LogP contribution >= 0.6 is 0 Å². The first-order valence-corrected chi connectivity index (χ1v) is 7.23. The van der Waals surface area contributed by atoms with Crippen LogP contribution in [0.4, 0.5) is 0 Å². The molecule has 1 heterocycles. The SMILES string of the molecule is CC(CN)(NC(=O)c1ccc(-n2ccnc2)cc1)C1CC1. The molecular formula is C16H20N4O. The van der Waals surface area contributed by atoms with E-state index in [2.05, 4.69) is 10.3 Å². The van der Waals surface area contributed by atoms with Gasteiger partial charge < -0.3 is 15.6 Å². The largest absolute Gasteiger partial charge is 0.345 e. The van der Waals surface area contributed by atoms with E-state index < -0.39 is 0 Å². The van der Waals surface area contributed by atoms with E-state index in [1.165, 1.54) is 0 Å². The number of nitrogens with two attached hydrogens (primary N) is 1. The Kier molecular flexibility index (Phi) is 3.51. The number of amides is 1. The van der Waals surface area contributed by atoms with Gasteiger partial charge in [-0.25, -0.2) is 4.98 Å². The van der Waals surface area contributed by atoms with Gasteiger partial charge in [0.1, 0.15) is 0 Å². The summed E-state index contributed by atoms with van der Waals surface area (Å²) in [4.78, 5) is 16.4. The molecule has 5 nitrogen and oxygen atoms in total. The number of hydrogen-bond donors (Lipinski definition) is 2. The van der Waals surface area contributed by atoms with E-state index in [1.54, 1.807) is 12.5 Å². The third-order valence-electron chi connectivity index (χ3n) is 4.23. The predicted octanol–water partition coefficient (Wildman–Crippen LogP) is 1.73. The van der Waals surface area contributed by atoms with E-state index in [9.17, 15) is 4.79 Å². The van der Waals surface area contributed by atoms with Crippen molar-refractivity contribution in [1.82, 2.24) is 14.9 Å². The highest BCUT2D eigenvalue weighted by molar-refractivity contribution is 5.94. The van der Waals surface area contributed by atoms with Crippen molar-refractivity contribution in [1.29, 1.82) is 0 Å². The molecule has 1 aliphatic rings. The maximum atomic E-state index is 12.4. The van der Waals surface area contributed by atoms with Gasteiger partial charge in [0.25, 0.3) is 5.91 Å². The first kappa shape index (κ1) is 13.8. The molecule has 1 aromatic heterocycles. The van der Waals surface area contributed by atoms with Crippen molar-refractivity contribution in [2.45, 2.75) is 25.3 Å². The van der Waals surface area contributed by atoms with E-state index in [4.69, 9.17) is 5.73 Å². The van der Waals surface area contributed by atoms with E-state index >= 15 is 0 Å². The van der Waals surface area contributed by atoms with E-state index in [0.29, 0.717) is 18.0 Å². The number of carbonyl (C=O) groups is 1. The summed E-state index contributed by atoms with van der Waals surface area (Å²) in [5.74, 6) is 0.448. The van der Waals surface area contributed by atoms with Gasteiger partial charge in [0.05, 0.1) is 11.9 Å². The third-order valence-corrected chi connectivity index (χ3v) is 4.23. The van der Waals surface area contributed by atoms with Crippen molar-refractivity contribution in [2.24, 2.45) is 11.7 Å². The highest BCUT2D eigenvalue weighted by Crippen LogP contribution is 2.39. The number of benzene rings is 1. The molecule has 3 rings (SSSR count). The molecule has 21 heavy (non-hydrogen) atoms. The van der Waals surface area contributed by atoms with Crippen LogP contribution in [0.3, 0.4) is 0 Å². The second-order valence-electron chi connectivity index (χ2n) is 5.87. The molecule has 1 unspecified atom stereocenters. The van der Waals surface area contributed by atoms with Gasteiger partial charge in [-0.15, -0.1) is 0 Å². The summed E-state index contributed by atoms with van der Waals surface area (Å²) in [6.45, 7) is 2.50. The number of hydrogen-bond acceptors (Lipinski definition) is 3. The Labute approximate surface area is 124 Å². The Balaban J connectivity index is 1.73. The maximum absolute atomic E-state index is 12.4. The van der Waals surface area contributed by atoms with Crippen LogP contribution < -0.4 is 11.1 Å². The van der Waals surface area contributed by atoms with Gasteiger partial charge in [0.2, 0.25) is 0 Å². The number of aromatic nitrogens is 2. The number of nitrogens with zero attached hydrogens (tertiary/aromatic N) is 2. The summed E-state index contributed by atoms with van der Waals surface area (Å²) in [7, 11) is 0. The number of imidazole rings is 1. The molecule has 1 aliphatic carbocycles. The predicted molar refractivity (Wildman–Crippen MR) is 81.2 cm³/mol. The molecule has 1 fully saturated rings. The van der Waals surface area contributed by atoms with Crippen molar-refractivity contribution in [2.75, 3.05) is 6.54 Å². The van der Waals surface area contributed by atoms with Crippen molar-refractivity contribution in [3.8, 4) is 5.69 Å². The fourth-order valence-corrected chi connectivity index (χ4v) is 2.57. The Morgan fingerprint density at radius 3 is 2.67 bits per heavy atom.